The molecule has 100 valence electrons. The minimum Gasteiger partial charge on any atom is -0.492 e. The summed E-state index contributed by atoms with van der Waals surface area (Å²) in [4.78, 5) is 12.5. The van der Waals surface area contributed by atoms with Gasteiger partial charge < -0.3 is 14.7 Å². The molecule has 5 heteroatoms. The van der Waals surface area contributed by atoms with E-state index < -0.39 is 11.6 Å². The maximum absolute atomic E-state index is 11.1. The van der Waals surface area contributed by atoms with E-state index in [0.29, 0.717) is 13.2 Å². The number of hydrogen-bond donors (Lipinski definition) is 1. The minimum absolute atomic E-state index is 0.351. The van der Waals surface area contributed by atoms with Gasteiger partial charge in [0.1, 0.15) is 12.4 Å². The fourth-order valence-electron chi connectivity index (χ4n) is 1.50. The van der Waals surface area contributed by atoms with Crippen LogP contribution in [0.25, 0.3) is 0 Å². The van der Waals surface area contributed by atoms with Gasteiger partial charge >= 0.3 is 6.09 Å². The number of benzene rings is 1. The van der Waals surface area contributed by atoms with Crippen molar-refractivity contribution < 1.29 is 14.6 Å². The summed E-state index contributed by atoms with van der Waals surface area (Å²) in [7, 11) is 0. The van der Waals surface area contributed by atoms with Crippen LogP contribution in [-0.2, 0) is 0 Å². The van der Waals surface area contributed by atoms with E-state index in [1.807, 2.05) is 45.0 Å². The summed E-state index contributed by atoms with van der Waals surface area (Å²) in [6, 6.07) is 7.66. The Balaban J connectivity index is 2.49. The molecule has 0 saturated carbocycles. The van der Waals surface area contributed by atoms with Gasteiger partial charge in [0.05, 0.1) is 6.54 Å². The monoisotopic (exact) mass is 363 g/mol. The largest absolute Gasteiger partial charge is 0.492 e. The van der Waals surface area contributed by atoms with E-state index in [2.05, 4.69) is 22.6 Å². The second-order valence-electron chi connectivity index (χ2n) is 4.91. The number of hydrogen-bond acceptors (Lipinski definition) is 2. The van der Waals surface area contributed by atoms with Crippen molar-refractivity contribution in [1.82, 2.24) is 4.90 Å². The number of nitrogens with zero attached hydrogens (tertiary/aromatic N) is 1. The smallest absolute Gasteiger partial charge is 0.407 e. The first-order chi connectivity index (χ1) is 8.30. The highest BCUT2D eigenvalue weighted by Crippen LogP contribution is 2.15. The Morgan fingerprint density at radius 3 is 2.33 bits per heavy atom. The maximum atomic E-state index is 11.1. The molecule has 0 bridgehead atoms. The summed E-state index contributed by atoms with van der Waals surface area (Å²) >= 11 is 2.22. The number of amides is 1. The van der Waals surface area contributed by atoms with E-state index >= 15 is 0 Å². The molecule has 0 aliphatic rings. The van der Waals surface area contributed by atoms with Crippen molar-refractivity contribution in [1.29, 1.82) is 0 Å². The van der Waals surface area contributed by atoms with Crippen molar-refractivity contribution in [3.05, 3.63) is 27.8 Å². The zero-order chi connectivity index (χ0) is 13.8. The second kappa shape index (κ2) is 6.26. The summed E-state index contributed by atoms with van der Waals surface area (Å²) in [6.45, 7) is 6.30. The molecule has 1 amide bonds. The zero-order valence-electron chi connectivity index (χ0n) is 10.8. The molecule has 0 aromatic heterocycles. The molecule has 0 radical (unpaired) electrons. The Hall–Kier alpha value is -0.980. The average Bonchev–Trinajstić information content (AvgIpc) is 2.24. The first-order valence-electron chi connectivity index (χ1n) is 5.69. The maximum Gasteiger partial charge on any atom is 0.407 e. The van der Waals surface area contributed by atoms with Gasteiger partial charge in [0.15, 0.2) is 0 Å². The fourth-order valence-corrected chi connectivity index (χ4v) is 1.86. The fraction of sp³-hybridized carbons (Fsp3) is 0.462. The molecule has 1 aromatic rings. The molecule has 1 rings (SSSR count). The Bertz CT molecular complexity index is 398. The average molecular weight is 363 g/mol. The topological polar surface area (TPSA) is 49.8 Å². The summed E-state index contributed by atoms with van der Waals surface area (Å²) in [5.41, 5.74) is -0.415. The molecular weight excluding hydrogens is 345 g/mol. The van der Waals surface area contributed by atoms with Crippen molar-refractivity contribution in [2.45, 2.75) is 26.3 Å². The molecule has 1 N–H and O–H groups in total. The summed E-state index contributed by atoms with van der Waals surface area (Å²) in [5.74, 6) is 0.759. The van der Waals surface area contributed by atoms with E-state index in [0.717, 1.165) is 9.32 Å². The molecule has 0 aliphatic carbocycles. The molecule has 18 heavy (non-hydrogen) atoms. The lowest BCUT2D eigenvalue weighted by atomic mass is 10.1. The van der Waals surface area contributed by atoms with E-state index in [9.17, 15) is 4.79 Å². The van der Waals surface area contributed by atoms with E-state index in [4.69, 9.17) is 9.84 Å². The molecule has 0 unspecified atom stereocenters. The van der Waals surface area contributed by atoms with Crippen LogP contribution in [0.4, 0.5) is 4.79 Å². The first-order valence-corrected chi connectivity index (χ1v) is 6.77. The van der Waals surface area contributed by atoms with Gasteiger partial charge in [-0.1, -0.05) is 0 Å². The van der Waals surface area contributed by atoms with Gasteiger partial charge in [-0.05, 0) is 67.6 Å². The molecule has 0 fully saturated rings. The highest BCUT2D eigenvalue weighted by molar-refractivity contribution is 14.1. The molecule has 0 atom stereocenters. The van der Waals surface area contributed by atoms with Gasteiger partial charge in [-0.15, -0.1) is 0 Å². The highest BCUT2D eigenvalue weighted by Gasteiger charge is 2.25. The highest BCUT2D eigenvalue weighted by atomic mass is 127. The third-order valence-corrected chi connectivity index (χ3v) is 3.16. The summed E-state index contributed by atoms with van der Waals surface area (Å²) in [6.07, 6.45) is -0.922. The molecule has 1 aromatic carbocycles. The number of halogens is 1. The quantitative estimate of drug-likeness (QED) is 0.834. The van der Waals surface area contributed by atoms with Gasteiger partial charge in [0.25, 0.3) is 0 Å². The van der Waals surface area contributed by atoms with Crippen molar-refractivity contribution in [2.75, 3.05) is 13.2 Å². The Morgan fingerprint density at radius 2 is 1.89 bits per heavy atom. The molecule has 4 nitrogen and oxygen atoms in total. The first kappa shape index (κ1) is 15.1. The van der Waals surface area contributed by atoms with Crippen molar-refractivity contribution >= 4 is 28.7 Å². The lowest BCUT2D eigenvalue weighted by Crippen LogP contribution is -2.46. The van der Waals surface area contributed by atoms with Gasteiger partial charge in [0.2, 0.25) is 0 Å². The third-order valence-electron chi connectivity index (χ3n) is 2.44. The van der Waals surface area contributed by atoms with Gasteiger partial charge in [0, 0.05) is 9.11 Å². The SMILES string of the molecule is CC(C)(C)N(CCOc1ccc(I)cc1)C(=O)O. The number of carbonyl (C=O) groups is 1. The molecule has 0 saturated heterocycles. The molecule has 0 spiro atoms. The van der Waals surface area contributed by atoms with Gasteiger partial charge in [-0.3, -0.25) is 0 Å². The zero-order valence-corrected chi connectivity index (χ0v) is 13.0. The predicted octanol–water partition coefficient (Wildman–Crippen LogP) is 3.45. The molecule has 0 heterocycles. The Kier molecular flexibility index (Phi) is 5.25. The van der Waals surface area contributed by atoms with Crippen LogP contribution in [0.5, 0.6) is 5.75 Å². The van der Waals surface area contributed by atoms with Crippen LogP contribution in [-0.4, -0.2) is 34.8 Å². The van der Waals surface area contributed by atoms with E-state index in [1.54, 1.807) is 0 Å². The van der Waals surface area contributed by atoms with Gasteiger partial charge in [-0.2, -0.15) is 0 Å². The molecule has 0 aliphatic heterocycles. The van der Waals surface area contributed by atoms with E-state index in [1.165, 1.54) is 4.90 Å². The van der Waals surface area contributed by atoms with Gasteiger partial charge in [-0.25, -0.2) is 4.79 Å². The van der Waals surface area contributed by atoms with Crippen LogP contribution in [0.15, 0.2) is 24.3 Å². The van der Waals surface area contributed by atoms with Crippen LogP contribution >= 0.6 is 22.6 Å². The van der Waals surface area contributed by atoms with Crippen LogP contribution in [0.3, 0.4) is 0 Å². The normalized spacial score (nSPS) is 11.1. The standard InChI is InChI=1S/C13H18INO3/c1-13(2,3)15(12(16)17)8-9-18-11-6-4-10(14)5-7-11/h4-7H,8-9H2,1-3H3,(H,16,17). The van der Waals surface area contributed by atoms with Crippen molar-refractivity contribution in [3.63, 3.8) is 0 Å². The summed E-state index contributed by atoms with van der Waals surface area (Å²) in [5, 5.41) is 9.11. The molecular formula is C13H18INO3. The predicted molar refractivity (Wildman–Crippen MR) is 79.1 cm³/mol. The van der Waals surface area contributed by atoms with Crippen LogP contribution < -0.4 is 4.74 Å². The number of carboxylic acid groups (broad SMARTS) is 1. The van der Waals surface area contributed by atoms with E-state index in [-0.39, 0.29) is 0 Å². The van der Waals surface area contributed by atoms with Crippen molar-refractivity contribution in [3.8, 4) is 5.75 Å². The third kappa shape index (κ3) is 4.72. The minimum atomic E-state index is -0.922. The lowest BCUT2D eigenvalue weighted by Gasteiger charge is -2.32. The number of rotatable bonds is 4. The van der Waals surface area contributed by atoms with Crippen LogP contribution in [0, 0.1) is 3.57 Å². The second-order valence-corrected chi connectivity index (χ2v) is 6.15. The Morgan fingerprint density at radius 1 is 1.33 bits per heavy atom. The summed E-state index contributed by atoms with van der Waals surface area (Å²) < 4.78 is 6.67. The van der Waals surface area contributed by atoms with Crippen molar-refractivity contribution in [2.24, 2.45) is 0 Å². The van der Waals surface area contributed by atoms with Crippen LogP contribution in [0.2, 0.25) is 0 Å². The van der Waals surface area contributed by atoms with Crippen LogP contribution in [0.1, 0.15) is 20.8 Å². The lowest BCUT2D eigenvalue weighted by molar-refractivity contribution is 0.0892. The Labute approximate surface area is 121 Å². The number of ether oxygens (including phenoxy) is 1.